The minimum Gasteiger partial charge on any atom is -0.448 e. The first-order chi connectivity index (χ1) is 19.7. The van der Waals surface area contributed by atoms with E-state index in [-0.39, 0.29) is 11.5 Å². The maximum Gasteiger partial charge on any atom is 0.409 e. The number of amides is 1. The molecule has 41 heavy (non-hydrogen) atoms. The monoisotopic (exact) mass is 579 g/mol. The largest absolute Gasteiger partial charge is 0.448 e. The Balaban J connectivity index is 1.29. The number of benzene rings is 3. The molecular weight excluding hydrogens is 541 g/mol. The Bertz CT molecular complexity index is 1430. The summed E-state index contributed by atoms with van der Waals surface area (Å²) < 4.78 is 49.5. The predicted octanol–water partition coefficient (Wildman–Crippen LogP) is 6.16. The number of carbonyl (C=O) groups is 1. The molecule has 2 aliphatic rings. The Hall–Kier alpha value is -3.43. The minimum absolute atomic E-state index is 0.0560. The lowest BCUT2D eigenvalue weighted by Gasteiger charge is -2.41. The number of halogens is 1. The Kier molecular flexibility index (Phi) is 8.94. The molecule has 3 aromatic carbocycles. The van der Waals surface area contributed by atoms with Crippen molar-refractivity contribution in [3.05, 3.63) is 95.8 Å². The molecule has 2 saturated heterocycles. The van der Waals surface area contributed by atoms with Gasteiger partial charge >= 0.3 is 6.09 Å². The number of para-hydroxylation sites is 1. The molecule has 2 atom stereocenters. The van der Waals surface area contributed by atoms with Crippen LogP contribution in [0.2, 0.25) is 0 Å². The van der Waals surface area contributed by atoms with E-state index in [9.17, 15) is 17.6 Å². The normalized spacial score (nSPS) is 20.5. The fraction of sp³-hybridized carbons (Fsp3) is 0.406. The average Bonchev–Trinajstić information content (AvgIpc) is 3.00. The van der Waals surface area contributed by atoms with Gasteiger partial charge in [-0.25, -0.2) is 17.6 Å². The van der Waals surface area contributed by atoms with E-state index >= 15 is 0 Å². The number of rotatable bonds is 7. The van der Waals surface area contributed by atoms with Crippen molar-refractivity contribution in [2.45, 2.75) is 62.0 Å². The van der Waals surface area contributed by atoms with Crippen molar-refractivity contribution in [2.24, 2.45) is 0 Å². The average molecular weight is 580 g/mol. The first kappa shape index (κ1) is 29.1. The molecule has 0 spiro atoms. The van der Waals surface area contributed by atoms with Crippen LogP contribution in [0.4, 0.5) is 14.9 Å². The van der Waals surface area contributed by atoms with Crippen molar-refractivity contribution in [1.82, 2.24) is 9.21 Å². The summed E-state index contributed by atoms with van der Waals surface area (Å²) in [5.74, 6) is -0.412. The lowest BCUT2D eigenvalue weighted by atomic mass is 9.93. The third-order valence-corrected chi connectivity index (χ3v) is 10.3. The van der Waals surface area contributed by atoms with Crippen molar-refractivity contribution in [1.29, 1.82) is 0 Å². The number of carbonyl (C=O) groups excluding carboxylic acids is 1. The highest BCUT2D eigenvalue weighted by Gasteiger charge is 2.41. The van der Waals surface area contributed by atoms with Gasteiger partial charge in [-0.1, -0.05) is 48.0 Å². The van der Waals surface area contributed by atoms with E-state index in [1.165, 1.54) is 16.4 Å². The maximum atomic E-state index is 14.2. The van der Waals surface area contributed by atoms with Gasteiger partial charge in [-0.05, 0) is 81.0 Å². The third kappa shape index (κ3) is 6.57. The van der Waals surface area contributed by atoms with Crippen LogP contribution in [0.1, 0.15) is 49.3 Å². The molecule has 7 nitrogen and oxygen atoms in total. The summed E-state index contributed by atoms with van der Waals surface area (Å²) in [6.07, 6.45) is 3.06. The smallest absolute Gasteiger partial charge is 0.409 e. The summed E-state index contributed by atoms with van der Waals surface area (Å²) in [5, 5.41) is 0. The third-order valence-electron chi connectivity index (χ3n) is 8.34. The van der Waals surface area contributed by atoms with Crippen LogP contribution < -0.4 is 4.90 Å². The van der Waals surface area contributed by atoms with E-state index in [4.69, 9.17) is 4.74 Å². The molecule has 3 aromatic rings. The Morgan fingerprint density at radius 3 is 2.34 bits per heavy atom. The number of anilines is 1. The van der Waals surface area contributed by atoms with Crippen LogP contribution in [0.15, 0.2) is 83.8 Å². The van der Waals surface area contributed by atoms with Gasteiger partial charge < -0.3 is 14.5 Å². The number of nitrogens with zero attached hydrogens (tertiary/aromatic N) is 3. The molecule has 0 unspecified atom stereocenters. The number of hydrogen-bond acceptors (Lipinski definition) is 5. The molecule has 218 valence electrons. The molecule has 0 radical (unpaired) electrons. The van der Waals surface area contributed by atoms with Gasteiger partial charge in [0.25, 0.3) is 0 Å². The maximum absolute atomic E-state index is 14.2. The highest BCUT2D eigenvalue weighted by Crippen LogP contribution is 2.39. The first-order valence-electron chi connectivity index (χ1n) is 14.3. The van der Waals surface area contributed by atoms with Crippen molar-refractivity contribution < 1.29 is 22.3 Å². The van der Waals surface area contributed by atoms with E-state index in [0.29, 0.717) is 37.5 Å². The van der Waals surface area contributed by atoms with Crippen LogP contribution in [-0.4, -0.2) is 62.5 Å². The first-order valence-corrected chi connectivity index (χ1v) is 15.7. The fourth-order valence-electron chi connectivity index (χ4n) is 6.00. The highest BCUT2D eigenvalue weighted by atomic mass is 32.2. The van der Waals surface area contributed by atoms with Crippen molar-refractivity contribution >= 4 is 21.8 Å². The topological polar surface area (TPSA) is 70.2 Å². The Labute approximate surface area is 242 Å². The number of ether oxygens (including phenoxy) is 1. The second-order valence-electron chi connectivity index (χ2n) is 11.0. The lowest BCUT2D eigenvalue weighted by Crippen LogP contribution is -2.49. The standard InChI is InChI=1S/C32H38FN3O4S/c1-24-14-16-30(17-15-24)41(38,39)36-29(12-7-13-31(36)25-8-6-9-26(33)22-25)23-40-32(37)35-20-18-28(19-21-35)34(2)27-10-4-3-5-11-27/h3-6,8-11,14-17,22,28-29,31H,7,12-13,18-21,23H2,1-2H3/t29-,31+/m1/s1. The minimum atomic E-state index is -3.95. The molecule has 1 amide bonds. The van der Waals surface area contributed by atoms with E-state index in [1.807, 2.05) is 25.1 Å². The van der Waals surface area contributed by atoms with Gasteiger partial charge in [0.05, 0.1) is 17.0 Å². The molecule has 5 rings (SSSR count). The molecule has 2 heterocycles. The summed E-state index contributed by atoms with van der Waals surface area (Å²) >= 11 is 0. The SMILES string of the molecule is Cc1ccc(S(=O)(=O)N2[C@@H](COC(=O)N3CCC(N(C)c4ccccc4)CC3)CCC[C@H]2c2cccc(F)c2)cc1. The summed E-state index contributed by atoms with van der Waals surface area (Å²) in [6.45, 7) is 2.99. The van der Waals surface area contributed by atoms with Crippen LogP contribution in [0.5, 0.6) is 0 Å². The van der Waals surface area contributed by atoms with E-state index in [0.717, 1.165) is 30.5 Å². The van der Waals surface area contributed by atoms with Crippen molar-refractivity contribution in [3.63, 3.8) is 0 Å². The summed E-state index contributed by atoms with van der Waals surface area (Å²) in [6, 6.07) is 22.2. The van der Waals surface area contributed by atoms with Crippen LogP contribution >= 0.6 is 0 Å². The predicted molar refractivity (Wildman–Crippen MR) is 158 cm³/mol. The molecule has 0 N–H and O–H groups in total. The van der Waals surface area contributed by atoms with Gasteiger partial charge in [-0.15, -0.1) is 0 Å². The number of piperidine rings is 2. The molecule has 0 bridgehead atoms. The summed E-state index contributed by atoms with van der Waals surface area (Å²) in [7, 11) is -1.88. The zero-order valence-electron chi connectivity index (χ0n) is 23.7. The highest BCUT2D eigenvalue weighted by molar-refractivity contribution is 7.89. The molecular formula is C32H38FN3O4S. The van der Waals surface area contributed by atoms with Crippen LogP contribution in [0, 0.1) is 12.7 Å². The number of sulfonamides is 1. The second-order valence-corrected chi connectivity index (χ2v) is 12.9. The van der Waals surface area contributed by atoms with E-state index in [1.54, 1.807) is 41.3 Å². The van der Waals surface area contributed by atoms with Gasteiger partial charge in [-0.3, -0.25) is 0 Å². The van der Waals surface area contributed by atoms with Gasteiger partial charge in [0, 0.05) is 31.9 Å². The zero-order chi connectivity index (χ0) is 29.0. The van der Waals surface area contributed by atoms with Crippen molar-refractivity contribution in [3.8, 4) is 0 Å². The molecule has 9 heteroatoms. The van der Waals surface area contributed by atoms with Crippen molar-refractivity contribution in [2.75, 3.05) is 31.6 Å². The molecule has 0 aromatic heterocycles. The van der Waals surface area contributed by atoms with Crippen LogP contribution in [0.3, 0.4) is 0 Å². The lowest BCUT2D eigenvalue weighted by molar-refractivity contribution is 0.0569. The number of likely N-dealkylation sites (tertiary alicyclic amines) is 1. The summed E-state index contributed by atoms with van der Waals surface area (Å²) in [5.41, 5.74) is 2.70. The zero-order valence-corrected chi connectivity index (χ0v) is 24.5. The van der Waals surface area contributed by atoms with Gasteiger partial charge in [0.2, 0.25) is 10.0 Å². The molecule has 0 saturated carbocycles. The second kappa shape index (κ2) is 12.6. The molecule has 2 aliphatic heterocycles. The van der Waals surface area contributed by atoms with E-state index in [2.05, 4.69) is 24.1 Å². The van der Waals surface area contributed by atoms with Gasteiger partial charge in [0.1, 0.15) is 12.4 Å². The van der Waals surface area contributed by atoms with E-state index < -0.39 is 34.0 Å². The number of hydrogen-bond donors (Lipinski definition) is 0. The number of aryl methyl sites for hydroxylation is 1. The Morgan fingerprint density at radius 1 is 0.951 bits per heavy atom. The van der Waals surface area contributed by atoms with Gasteiger partial charge in [-0.2, -0.15) is 4.31 Å². The Morgan fingerprint density at radius 2 is 1.66 bits per heavy atom. The fourth-order valence-corrected chi connectivity index (χ4v) is 7.85. The van der Waals surface area contributed by atoms with Crippen LogP contribution in [-0.2, 0) is 14.8 Å². The molecule has 2 fully saturated rings. The van der Waals surface area contributed by atoms with Crippen LogP contribution in [0.25, 0.3) is 0 Å². The quantitative estimate of drug-likeness (QED) is 0.336. The van der Waals surface area contributed by atoms with Gasteiger partial charge in [0.15, 0.2) is 0 Å². The summed E-state index contributed by atoms with van der Waals surface area (Å²) in [4.78, 5) is 17.3. The molecule has 0 aliphatic carbocycles.